The summed E-state index contributed by atoms with van der Waals surface area (Å²) in [5.41, 5.74) is 0. The maximum Gasteiger partial charge on any atom is 0.248 e. The summed E-state index contributed by atoms with van der Waals surface area (Å²) in [6.45, 7) is 14.7. The lowest BCUT2D eigenvalue weighted by atomic mass is 10.2. The van der Waals surface area contributed by atoms with Crippen LogP contribution in [-0.2, 0) is 28.5 Å². The molecule has 0 saturated carbocycles. The number of likely N-dealkylation sites (N-methyl/N-ethyl adjacent to an activating group) is 2. The van der Waals surface area contributed by atoms with Crippen molar-refractivity contribution in [3.63, 3.8) is 0 Å². The summed E-state index contributed by atoms with van der Waals surface area (Å²) in [4.78, 5) is 25.3. The fraction of sp³-hybridized carbons (Fsp3) is 0.905. The first-order valence-electron chi connectivity index (χ1n) is 10.7. The van der Waals surface area contributed by atoms with Crippen molar-refractivity contribution in [3.05, 3.63) is 0 Å². The molecule has 0 atom stereocenters. The number of hydrogen-bond acceptors (Lipinski definition) is 7. The van der Waals surface area contributed by atoms with Crippen molar-refractivity contribution in [2.45, 2.75) is 34.6 Å². The van der Waals surface area contributed by atoms with E-state index in [1.54, 1.807) is 19.0 Å². The summed E-state index contributed by atoms with van der Waals surface area (Å²) in [7, 11) is 3.48. The van der Waals surface area contributed by atoms with Crippen LogP contribution in [0.25, 0.3) is 0 Å². The van der Waals surface area contributed by atoms with E-state index in [1.165, 1.54) is 4.90 Å². The minimum absolute atomic E-state index is 0.0173. The van der Waals surface area contributed by atoms with E-state index < -0.39 is 0 Å². The van der Waals surface area contributed by atoms with E-state index in [2.05, 4.69) is 26.5 Å². The number of thiol groups is 1. The van der Waals surface area contributed by atoms with Gasteiger partial charge in [-0.2, -0.15) is 12.6 Å². The number of ether oxygens (including phenoxy) is 4. The predicted octanol–water partition coefficient (Wildman–Crippen LogP) is 2.22. The van der Waals surface area contributed by atoms with Gasteiger partial charge in [0.2, 0.25) is 12.3 Å². The third-order valence-corrected chi connectivity index (χ3v) is 3.17. The van der Waals surface area contributed by atoms with Crippen LogP contribution in [0.1, 0.15) is 34.6 Å². The predicted molar refractivity (Wildman–Crippen MR) is 125 cm³/mol. The molecule has 0 aliphatic rings. The molecular formula is C21H46N2O6S. The lowest BCUT2D eigenvalue weighted by Crippen LogP contribution is -2.33. The Morgan fingerprint density at radius 2 is 1.30 bits per heavy atom. The van der Waals surface area contributed by atoms with Gasteiger partial charge in [0.05, 0.1) is 46.2 Å². The van der Waals surface area contributed by atoms with Crippen LogP contribution in [0, 0.1) is 5.92 Å². The van der Waals surface area contributed by atoms with E-state index in [4.69, 9.17) is 18.9 Å². The Morgan fingerprint density at radius 1 is 0.900 bits per heavy atom. The molecule has 0 fully saturated rings. The SMILES string of the molecule is CC.CC(C)CN(C)C(=O)COCCOCCOCCOCCN(C)C=O.CCS. The van der Waals surface area contributed by atoms with Gasteiger partial charge in [0, 0.05) is 27.2 Å². The number of nitrogens with zero attached hydrogens (tertiary/aromatic N) is 2. The van der Waals surface area contributed by atoms with Gasteiger partial charge in [0.25, 0.3) is 0 Å². The van der Waals surface area contributed by atoms with Gasteiger partial charge in [-0.3, -0.25) is 9.59 Å². The van der Waals surface area contributed by atoms with Crippen molar-refractivity contribution in [1.29, 1.82) is 0 Å². The first kappa shape index (κ1) is 33.8. The number of rotatable bonds is 17. The van der Waals surface area contributed by atoms with Gasteiger partial charge in [-0.15, -0.1) is 0 Å². The second kappa shape index (κ2) is 28.1. The van der Waals surface area contributed by atoms with Crippen LogP contribution in [0.4, 0.5) is 0 Å². The van der Waals surface area contributed by atoms with E-state index >= 15 is 0 Å². The molecule has 0 saturated heterocycles. The summed E-state index contributed by atoms with van der Waals surface area (Å²) in [6.07, 6.45) is 0.765. The van der Waals surface area contributed by atoms with E-state index in [-0.39, 0.29) is 12.5 Å². The smallest absolute Gasteiger partial charge is 0.248 e. The molecule has 30 heavy (non-hydrogen) atoms. The van der Waals surface area contributed by atoms with Crippen molar-refractivity contribution in [3.8, 4) is 0 Å². The van der Waals surface area contributed by atoms with Crippen LogP contribution in [0.2, 0.25) is 0 Å². The molecule has 0 unspecified atom stereocenters. The molecule has 0 radical (unpaired) electrons. The normalized spacial score (nSPS) is 9.90. The minimum atomic E-state index is -0.0173. The van der Waals surface area contributed by atoms with Crippen molar-refractivity contribution in [1.82, 2.24) is 9.80 Å². The molecule has 0 aromatic rings. The first-order valence-corrected chi connectivity index (χ1v) is 11.3. The van der Waals surface area contributed by atoms with Crippen LogP contribution < -0.4 is 0 Å². The van der Waals surface area contributed by atoms with E-state index in [9.17, 15) is 9.59 Å². The molecule has 0 spiro atoms. The highest BCUT2D eigenvalue weighted by Gasteiger charge is 2.09. The zero-order valence-corrected chi connectivity index (χ0v) is 21.1. The van der Waals surface area contributed by atoms with Crippen molar-refractivity contribution in [2.24, 2.45) is 5.92 Å². The molecule has 0 aliphatic carbocycles. The van der Waals surface area contributed by atoms with Gasteiger partial charge >= 0.3 is 0 Å². The van der Waals surface area contributed by atoms with Crippen LogP contribution in [-0.4, -0.2) is 108 Å². The molecule has 0 aromatic carbocycles. The minimum Gasteiger partial charge on any atom is -0.377 e. The number of carbonyl (C=O) groups is 2. The first-order chi connectivity index (χ1) is 14.4. The molecule has 9 heteroatoms. The maximum atomic E-state index is 11.7. The fourth-order valence-electron chi connectivity index (χ4n) is 1.84. The number of amides is 2. The lowest BCUT2D eigenvalue weighted by molar-refractivity contribution is -0.135. The van der Waals surface area contributed by atoms with E-state index in [0.29, 0.717) is 58.7 Å². The van der Waals surface area contributed by atoms with Gasteiger partial charge in [-0.05, 0) is 11.7 Å². The lowest BCUT2D eigenvalue weighted by Gasteiger charge is -2.19. The second-order valence-electron chi connectivity index (χ2n) is 6.46. The number of carbonyl (C=O) groups excluding carboxylic acids is 2. The third-order valence-electron chi connectivity index (χ3n) is 3.17. The molecule has 0 rings (SSSR count). The zero-order chi connectivity index (χ0) is 23.6. The Hall–Kier alpha value is -0.870. The summed E-state index contributed by atoms with van der Waals surface area (Å²) >= 11 is 3.79. The van der Waals surface area contributed by atoms with Gasteiger partial charge in [-0.1, -0.05) is 34.6 Å². The molecule has 8 nitrogen and oxygen atoms in total. The van der Waals surface area contributed by atoms with Crippen molar-refractivity contribution < 1.29 is 28.5 Å². The Labute approximate surface area is 190 Å². The molecule has 0 heterocycles. The van der Waals surface area contributed by atoms with Gasteiger partial charge in [-0.25, -0.2) is 0 Å². The highest BCUT2D eigenvalue weighted by molar-refractivity contribution is 7.80. The summed E-state index contributed by atoms with van der Waals surface area (Å²) in [5, 5.41) is 0. The Bertz CT molecular complexity index is 362. The molecule has 0 N–H and O–H groups in total. The average molecular weight is 455 g/mol. The average Bonchev–Trinajstić information content (AvgIpc) is 2.72. The van der Waals surface area contributed by atoms with Crippen LogP contribution in [0.3, 0.4) is 0 Å². The van der Waals surface area contributed by atoms with Crippen LogP contribution >= 0.6 is 12.6 Å². The van der Waals surface area contributed by atoms with E-state index in [0.717, 1.165) is 18.7 Å². The summed E-state index contributed by atoms with van der Waals surface area (Å²) < 4.78 is 21.3. The molecule has 0 aliphatic heterocycles. The van der Waals surface area contributed by atoms with Gasteiger partial charge in [0.15, 0.2) is 0 Å². The zero-order valence-electron chi connectivity index (χ0n) is 20.2. The van der Waals surface area contributed by atoms with Crippen LogP contribution in [0.15, 0.2) is 0 Å². The summed E-state index contributed by atoms with van der Waals surface area (Å²) in [5.74, 6) is 1.37. The standard InChI is InChI=1S/C17H34N2O6.C2H6S.C2H6/c1-16(2)13-19(4)17(21)14-25-12-11-24-10-9-23-8-7-22-6-5-18(3)15-20;1-2-3;1-2/h15-16H,5-14H2,1-4H3;3H,2H2,1H3;1-2H3. The number of hydrogen-bond donors (Lipinski definition) is 1. The monoisotopic (exact) mass is 454 g/mol. The molecule has 2 amide bonds. The van der Waals surface area contributed by atoms with Gasteiger partial charge < -0.3 is 28.7 Å². The van der Waals surface area contributed by atoms with E-state index in [1.807, 2.05) is 20.8 Å². The Kier molecular flexibility index (Phi) is 31.7. The van der Waals surface area contributed by atoms with Crippen LogP contribution in [0.5, 0.6) is 0 Å². The second-order valence-corrected chi connectivity index (χ2v) is 7.09. The Balaban J connectivity index is -0.00000133. The largest absolute Gasteiger partial charge is 0.377 e. The summed E-state index contributed by atoms with van der Waals surface area (Å²) in [6, 6.07) is 0. The fourth-order valence-corrected chi connectivity index (χ4v) is 1.84. The maximum absolute atomic E-state index is 11.7. The third kappa shape index (κ3) is 29.3. The quantitative estimate of drug-likeness (QED) is 0.206. The molecule has 182 valence electrons. The molecule has 0 aromatic heterocycles. The highest BCUT2D eigenvalue weighted by atomic mass is 32.1. The topological polar surface area (TPSA) is 77.5 Å². The van der Waals surface area contributed by atoms with Crippen molar-refractivity contribution in [2.75, 3.05) is 85.8 Å². The molecular weight excluding hydrogens is 408 g/mol. The Morgan fingerprint density at radius 3 is 1.70 bits per heavy atom. The molecule has 0 bridgehead atoms. The van der Waals surface area contributed by atoms with Gasteiger partial charge in [0.1, 0.15) is 6.61 Å². The highest BCUT2D eigenvalue weighted by Crippen LogP contribution is 1.96. The van der Waals surface area contributed by atoms with Crippen molar-refractivity contribution >= 4 is 24.9 Å².